The van der Waals surface area contributed by atoms with Gasteiger partial charge in [0.25, 0.3) is 0 Å². The molecule has 1 N–H and O–H groups in total. The molecule has 15 heavy (non-hydrogen) atoms. The van der Waals surface area contributed by atoms with Gasteiger partial charge < -0.3 is 10.1 Å². The summed E-state index contributed by atoms with van der Waals surface area (Å²) < 4.78 is 27.7. The van der Waals surface area contributed by atoms with Crippen molar-refractivity contribution in [3.05, 3.63) is 0 Å². The minimum atomic E-state index is -2.84. The van der Waals surface area contributed by atoms with Crippen molar-refractivity contribution in [2.45, 2.75) is 32.7 Å². The lowest BCUT2D eigenvalue weighted by molar-refractivity contribution is 0.185. The summed E-state index contributed by atoms with van der Waals surface area (Å²) in [6.45, 7) is 5.15. The van der Waals surface area contributed by atoms with E-state index in [0.29, 0.717) is 31.4 Å². The first-order valence-corrected chi connectivity index (χ1v) is 7.26. The van der Waals surface area contributed by atoms with Crippen molar-refractivity contribution in [2.24, 2.45) is 0 Å². The number of hydrogen-bond donors (Lipinski definition) is 1. The Morgan fingerprint density at radius 1 is 1.33 bits per heavy atom. The fraction of sp³-hybridized carbons (Fsp3) is 1.00. The Bertz CT molecular complexity index is 239. The smallest absolute Gasteiger partial charge is 0.151 e. The molecule has 1 unspecified atom stereocenters. The summed E-state index contributed by atoms with van der Waals surface area (Å²) in [5, 5.41) is 3.17. The molecule has 1 atom stereocenters. The molecule has 0 fully saturated rings. The number of rotatable bonds is 9. The van der Waals surface area contributed by atoms with Crippen molar-refractivity contribution in [1.82, 2.24) is 5.32 Å². The Hall–Kier alpha value is -0.130. The lowest BCUT2D eigenvalue weighted by Gasteiger charge is -2.12. The highest BCUT2D eigenvalue weighted by molar-refractivity contribution is 7.91. The van der Waals surface area contributed by atoms with Gasteiger partial charge in [0.15, 0.2) is 9.84 Å². The van der Waals surface area contributed by atoms with E-state index in [4.69, 9.17) is 4.74 Å². The molecule has 0 saturated heterocycles. The first-order valence-electron chi connectivity index (χ1n) is 5.44. The molecule has 0 aliphatic carbocycles. The molecule has 0 amide bonds. The summed E-state index contributed by atoms with van der Waals surface area (Å²) in [5.74, 6) is 0.527. The summed E-state index contributed by atoms with van der Waals surface area (Å²) in [6.07, 6.45) is 1.60. The average Bonchev–Trinajstić information content (AvgIpc) is 2.14. The minimum Gasteiger partial charge on any atom is -0.385 e. The van der Waals surface area contributed by atoms with Crippen LogP contribution in [0.1, 0.15) is 26.7 Å². The van der Waals surface area contributed by atoms with Crippen molar-refractivity contribution in [2.75, 3.05) is 31.8 Å². The highest BCUT2D eigenvalue weighted by Crippen LogP contribution is 1.94. The Morgan fingerprint density at radius 3 is 2.53 bits per heavy atom. The van der Waals surface area contributed by atoms with E-state index in [1.54, 1.807) is 7.11 Å². The molecular formula is C10H23NO3S. The standard InChI is InChI=1S/C10H23NO3S/c1-4-8-15(12,13)9-6-11-10(2)5-7-14-3/h10-11H,4-9H2,1-3H3. The van der Waals surface area contributed by atoms with Gasteiger partial charge in [-0.05, 0) is 19.8 Å². The molecule has 0 aromatic heterocycles. The van der Waals surface area contributed by atoms with Gasteiger partial charge in [0.2, 0.25) is 0 Å². The van der Waals surface area contributed by atoms with Crippen LogP contribution in [0.5, 0.6) is 0 Å². The van der Waals surface area contributed by atoms with Crippen LogP contribution in [0.15, 0.2) is 0 Å². The predicted octanol–water partition coefficient (Wildman–Crippen LogP) is 0.826. The third kappa shape index (κ3) is 8.84. The second-order valence-electron chi connectivity index (χ2n) is 3.79. The van der Waals surface area contributed by atoms with E-state index in [9.17, 15) is 8.42 Å². The van der Waals surface area contributed by atoms with E-state index in [2.05, 4.69) is 5.32 Å². The topological polar surface area (TPSA) is 55.4 Å². The Labute approximate surface area is 93.3 Å². The van der Waals surface area contributed by atoms with E-state index in [1.807, 2.05) is 13.8 Å². The molecule has 0 saturated carbocycles. The molecule has 0 spiro atoms. The summed E-state index contributed by atoms with van der Waals surface area (Å²) in [4.78, 5) is 0. The fourth-order valence-electron chi connectivity index (χ4n) is 1.27. The van der Waals surface area contributed by atoms with Crippen molar-refractivity contribution in [1.29, 1.82) is 0 Å². The maximum Gasteiger partial charge on any atom is 0.151 e. The van der Waals surface area contributed by atoms with Gasteiger partial charge in [-0.1, -0.05) is 6.92 Å². The van der Waals surface area contributed by atoms with E-state index in [0.717, 1.165) is 6.42 Å². The van der Waals surface area contributed by atoms with Crippen LogP contribution in [0, 0.1) is 0 Å². The summed E-state index contributed by atoms with van der Waals surface area (Å²) in [5.41, 5.74) is 0. The first kappa shape index (κ1) is 14.9. The zero-order valence-electron chi connectivity index (χ0n) is 9.95. The maximum atomic E-state index is 11.4. The third-order valence-corrected chi connectivity index (χ3v) is 4.03. The fourth-order valence-corrected chi connectivity index (χ4v) is 2.53. The van der Waals surface area contributed by atoms with Crippen molar-refractivity contribution < 1.29 is 13.2 Å². The number of ether oxygens (including phenoxy) is 1. The highest BCUT2D eigenvalue weighted by Gasteiger charge is 2.09. The second-order valence-corrected chi connectivity index (χ2v) is 6.09. The molecule has 0 bridgehead atoms. The van der Waals surface area contributed by atoms with E-state index >= 15 is 0 Å². The Balaban J connectivity index is 3.60. The monoisotopic (exact) mass is 237 g/mol. The molecule has 0 heterocycles. The molecule has 0 aromatic carbocycles. The molecule has 0 aliphatic heterocycles. The Kier molecular flexibility index (Phi) is 8.00. The first-order chi connectivity index (χ1) is 7.02. The van der Waals surface area contributed by atoms with Gasteiger partial charge in [0.05, 0.1) is 5.75 Å². The van der Waals surface area contributed by atoms with Crippen LogP contribution >= 0.6 is 0 Å². The highest BCUT2D eigenvalue weighted by atomic mass is 32.2. The average molecular weight is 237 g/mol. The van der Waals surface area contributed by atoms with E-state index < -0.39 is 9.84 Å². The number of hydrogen-bond acceptors (Lipinski definition) is 4. The number of methoxy groups -OCH3 is 1. The molecule has 0 aliphatic rings. The predicted molar refractivity (Wildman–Crippen MR) is 62.9 cm³/mol. The van der Waals surface area contributed by atoms with Crippen molar-refractivity contribution >= 4 is 9.84 Å². The summed E-state index contributed by atoms with van der Waals surface area (Å²) in [6, 6.07) is 0.307. The second kappa shape index (κ2) is 8.07. The molecule has 92 valence electrons. The quantitative estimate of drug-likeness (QED) is 0.645. The minimum absolute atomic E-state index is 0.234. The van der Waals surface area contributed by atoms with Gasteiger partial charge in [-0.25, -0.2) is 8.42 Å². The lowest BCUT2D eigenvalue weighted by Crippen LogP contribution is -2.32. The van der Waals surface area contributed by atoms with Gasteiger partial charge in [-0.3, -0.25) is 0 Å². The van der Waals surface area contributed by atoms with Gasteiger partial charge in [0, 0.05) is 32.1 Å². The van der Waals surface area contributed by atoms with Crippen LogP contribution in [-0.4, -0.2) is 46.2 Å². The van der Waals surface area contributed by atoms with Crippen LogP contribution in [-0.2, 0) is 14.6 Å². The van der Waals surface area contributed by atoms with Gasteiger partial charge in [-0.2, -0.15) is 0 Å². The van der Waals surface area contributed by atoms with Gasteiger partial charge in [-0.15, -0.1) is 0 Å². The zero-order valence-corrected chi connectivity index (χ0v) is 10.8. The van der Waals surface area contributed by atoms with Crippen molar-refractivity contribution in [3.8, 4) is 0 Å². The molecule has 0 radical (unpaired) electrons. The Morgan fingerprint density at radius 2 is 2.00 bits per heavy atom. The van der Waals surface area contributed by atoms with Gasteiger partial charge >= 0.3 is 0 Å². The van der Waals surface area contributed by atoms with Crippen molar-refractivity contribution in [3.63, 3.8) is 0 Å². The van der Waals surface area contributed by atoms with E-state index in [-0.39, 0.29) is 5.75 Å². The maximum absolute atomic E-state index is 11.4. The molecule has 0 aromatic rings. The third-order valence-electron chi connectivity index (χ3n) is 2.18. The SMILES string of the molecule is CCCS(=O)(=O)CCNC(C)CCOC. The molecule has 4 nitrogen and oxygen atoms in total. The number of sulfone groups is 1. The molecule has 0 rings (SSSR count). The van der Waals surface area contributed by atoms with Crippen LogP contribution < -0.4 is 5.32 Å². The molecule has 5 heteroatoms. The van der Waals surface area contributed by atoms with Gasteiger partial charge in [0.1, 0.15) is 0 Å². The van der Waals surface area contributed by atoms with Crippen LogP contribution in [0.2, 0.25) is 0 Å². The van der Waals surface area contributed by atoms with E-state index in [1.165, 1.54) is 0 Å². The summed E-state index contributed by atoms with van der Waals surface area (Å²) in [7, 11) is -1.18. The number of nitrogens with one attached hydrogen (secondary N) is 1. The normalized spacial score (nSPS) is 14.1. The van der Waals surface area contributed by atoms with Crippen LogP contribution in [0.25, 0.3) is 0 Å². The zero-order chi connectivity index (χ0) is 11.7. The van der Waals surface area contributed by atoms with Crippen LogP contribution in [0.3, 0.4) is 0 Å². The lowest BCUT2D eigenvalue weighted by atomic mass is 10.2. The largest absolute Gasteiger partial charge is 0.385 e. The van der Waals surface area contributed by atoms with Crippen LogP contribution in [0.4, 0.5) is 0 Å². The molecular weight excluding hydrogens is 214 g/mol. The summed E-state index contributed by atoms with van der Waals surface area (Å²) >= 11 is 0.